The van der Waals surface area contributed by atoms with Gasteiger partial charge in [0, 0.05) is 52.0 Å². The summed E-state index contributed by atoms with van der Waals surface area (Å²) in [6.07, 6.45) is 1.50. The van der Waals surface area contributed by atoms with Gasteiger partial charge in [0.05, 0.1) is 11.7 Å². The number of ether oxygens (including phenoxy) is 1. The molecule has 0 saturated carbocycles. The fourth-order valence-electron chi connectivity index (χ4n) is 4.86. The van der Waals surface area contributed by atoms with E-state index in [2.05, 4.69) is 50.9 Å². The van der Waals surface area contributed by atoms with Crippen molar-refractivity contribution in [3.8, 4) is 0 Å². The van der Waals surface area contributed by atoms with Crippen LogP contribution in [0.2, 0.25) is 0 Å². The number of rotatable bonds is 11. The predicted octanol–water partition coefficient (Wildman–Crippen LogP) is 4.69. The highest BCUT2D eigenvalue weighted by atomic mass is 16.5. The molecule has 8 nitrogen and oxygen atoms in total. The highest BCUT2D eigenvalue weighted by molar-refractivity contribution is 5.93. The standard InChI is InChI=1S/C31H38N4O4/c1-4-33(22-26-8-5-6-9-27(26)31(38)39-23(2)3)20-24-11-13-25(14-12-24)21-34-16-18-35(19-17-34)29-28(30(36)37)10-7-15-32-29/h5-15,23H,4,16-22H2,1-3H3,(H,36,37). The van der Waals surface area contributed by atoms with Crippen molar-refractivity contribution in [3.05, 3.63) is 94.7 Å². The average molecular weight is 531 g/mol. The number of aromatic carboxylic acids is 1. The molecule has 0 amide bonds. The Morgan fingerprint density at radius 1 is 0.923 bits per heavy atom. The summed E-state index contributed by atoms with van der Waals surface area (Å²) < 4.78 is 5.44. The van der Waals surface area contributed by atoms with Crippen molar-refractivity contribution in [1.82, 2.24) is 14.8 Å². The summed E-state index contributed by atoms with van der Waals surface area (Å²) in [7, 11) is 0. The summed E-state index contributed by atoms with van der Waals surface area (Å²) in [5.41, 5.74) is 4.33. The fourth-order valence-corrected chi connectivity index (χ4v) is 4.86. The number of esters is 1. The minimum Gasteiger partial charge on any atom is -0.478 e. The van der Waals surface area contributed by atoms with Crippen LogP contribution in [0.5, 0.6) is 0 Å². The van der Waals surface area contributed by atoms with Crippen LogP contribution in [-0.4, -0.2) is 70.7 Å². The van der Waals surface area contributed by atoms with Gasteiger partial charge in [-0.05, 0) is 55.3 Å². The Morgan fingerprint density at radius 3 is 2.26 bits per heavy atom. The topological polar surface area (TPSA) is 86.2 Å². The number of hydrogen-bond donors (Lipinski definition) is 1. The zero-order valence-corrected chi connectivity index (χ0v) is 23.0. The number of carboxylic acids is 1. The molecular formula is C31H38N4O4. The lowest BCUT2D eigenvalue weighted by molar-refractivity contribution is 0.0375. The minimum absolute atomic E-state index is 0.152. The molecule has 206 valence electrons. The molecule has 1 aliphatic heterocycles. The third-order valence-electron chi connectivity index (χ3n) is 6.95. The second-order valence-electron chi connectivity index (χ2n) is 10.2. The Morgan fingerprint density at radius 2 is 1.59 bits per heavy atom. The van der Waals surface area contributed by atoms with Gasteiger partial charge in [-0.3, -0.25) is 9.80 Å². The predicted molar refractivity (Wildman–Crippen MR) is 152 cm³/mol. The van der Waals surface area contributed by atoms with Crippen molar-refractivity contribution >= 4 is 17.8 Å². The summed E-state index contributed by atoms with van der Waals surface area (Å²) in [4.78, 5) is 35.2. The van der Waals surface area contributed by atoms with E-state index in [0.717, 1.165) is 51.4 Å². The number of pyridine rings is 1. The molecule has 0 unspecified atom stereocenters. The van der Waals surface area contributed by atoms with Crippen LogP contribution in [-0.2, 0) is 24.4 Å². The highest BCUT2D eigenvalue weighted by Gasteiger charge is 2.22. The van der Waals surface area contributed by atoms with Crippen LogP contribution < -0.4 is 4.90 Å². The van der Waals surface area contributed by atoms with E-state index in [1.54, 1.807) is 18.3 Å². The van der Waals surface area contributed by atoms with Crippen LogP contribution in [0.25, 0.3) is 0 Å². The van der Waals surface area contributed by atoms with Crippen LogP contribution >= 0.6 is 0 Å². The quantitative estimate of drug-likeness (QED) is 0.358. The maximum absolute atomic E-state index is 12.6. The van der Waals surface area contributed by atoms with E-state index < -0.39 is 5.97 Å². The SMILES string of the molecule is CCN(Cc1ccc(CN2CCN(c3ncccc3C(=O)O)CC2)cc1)Cc1ccccc1C(=O)OC(C)C. The van der Waals surface area contributed by atoms with E-state index >= 15 is 0 Å². The Hall–Kier alpha value is -3.75. The van der Waals surface area contributed by atoms with Crippen molar-refractivity contribution in [2.75, 3.05) is 37.6 Å². The molecule has 8 heteroatoms. The molecule has 0 radical (unpaired) electrons. The van der Waals surface area contributed by atoms with Crippen LogP contribution in [0.1, 0.15) is 58.2 Å². The van der Waals surface area contributed by atoms with E-state index in [-0.39, 0.29) is 17.6 Å². The summed E-state index contributed by atoms with van der Waals surface area (Å²) in [6.45, 7) is 12.2. The molecule has 3 aromatic rings. The highest BCUT2D eigenvalue weighted by Crippen LogP contribution is 2.21. The molecule has 2 aromatic carbocycles. The summed E-state index contributed by atoms with van der Waals surface area (Å²) >= 11 is 0. The van der Waals surface area contributed by atoms with E-state index in [4.69, 9.17) is 4.74 Å². The summed E-state index contributed by atoms with van der Waals surface area (Å²) in [6, 6.07) is 19.7. The average Bonchev–Trinajstić information content (AvgIpc) is 2.94. The zero-order valence-electron chi connectivity index (χ0n) is 23.0. The zero-order chi connectivity index (χ0) is 27.8. The van der Waals surface area contributed by atoms with Gasteiger partial charge in [-0.2, -0.15) is 0 Å². The number of aromatic nitrogens is 1. The molecule has 1 aromatic heterocycles. The second-order valence-corrected chi connectivity index (χ2v) is 10.2. The maximum atomic E-state index is 12.6. The van der Waals surface area contributed by atoms with E-state index in [1.165, 1.54) is 11.1 Å². The van der Waals surface area contributed by atoms with Crippen LogP contribution in [0.15, 0.2) is 66.9 Å². The first kappa shape index (κ1) is 28.3. The smallest absolute Gasteiger partial charge is 0.339 e. The monoisotopic (exact) mass is 530 g/mol. The van der Waals surface area contributed by atoms with Gasteiger partial charge in [0.15, 0.2) is 0 Å². The Kier molecular flexibility index (Phi) is 9.68. The summed E-state index contributed by atoms with van der Waals surface area (Å²) in [5.74, 6) is -0.668. The lowest BCUT2D eigenvalue weighted by atomic mass is 10.1. The number of anilines is 1. The lowest BCUT2D eigenvalue weighted by Gasteiger charge is -2.35. The van der Waals surface area contributed by atoms with Crippen molar-refractivity contribution in [2.45, 2.75) is 46.5 Å². The second kappa shape index (κ2) is 13.4. The number of carbonyl (C=O) groups is 2. The van der Waals surface area contributed by atoms with Gasteiger partial charge in [-0.1, -0.05) is 49.4 Å². The van der Waals surface area contributed by atoms with Crippen molar-refractivity contribution in [2.24, 2.45) is 0 Å². The Bertz CT molecular complexity index is 1250. The molecule has 0 atom stereocenters. The number of nitrogens with zero attached hydrogens (tertiary/aromatic N) is 4. The van der Waals surface area contributed by atoms with Crippen LogP contribution in [0.4, 0.5) is 5.82 Å². The Labute approximate surface area is 230 Å². The third-order valence-corrected chi connectivity index (χ3v) is 6.95. The normalized spacial score (nSPS) is 14.1. The third kappa shape index (κ3) is 7.65. The molecule has 0 spiro atoms. The first-order chi connectivity index (χ1) is 18.8. The van der Waals surface area contributed by atoms with Gasteiger partial charge < -0.3 is 14.7 Å². The van der Waals surface area contributed by atoms with Crippen LogP contribution in [0.3, 0.4) is 0 Å². The maximum Gasteiger partial charge on any atom is 0.339 e. The van der Waals surface area contributed by atoms with Gasteiger partial charge in [0.25, 0.3) is 0 Å². The lowest BCUT2D eigenvalue weighted by Crippen LogP contribution is -2.46. The molecule has 0 bridgehead atoms. The fraction of sp³-hybridized carbons (Fsp3) is 0.387. The molecule has 2 heterocycles. The van der Waals surface area contributed by atoms with Gasteiger partial charge >= 0.3 is 11.9 Å². The molecule has 1 aliphatic rings. The van der Waals surface area contributed by atoms with E-state index in [1.807, 2.05) is 38.1 Å². The molecule has 1 N–H and O–H groups in total. The number of benzene rings is 2. The number of carbonyl (C=O) groups excluding carboxylic acids is 1. The first-order valence-electron chi connectivity index (χ1n) is 13.6. The molecule has 39 heavy (non-hydrogen) atoms. The first-order valence-corrected chi connectivity index (χ1v) is 13.6. The minimum atomic E-state index is -0.944. The van der Waals surface area contributed by atoms with Crippen molar-refractivity contribution in [1.29, 1.82) is 0 Å². The Balaban J connectivity index is 1.31. The molecule has 4 rings (SSSR count). The van der Waals surface area contributed by atoms with Crippen LogP contribution in [0, 0.1) is 0 Å². The molecule has 0 aliphatic carbocycles. The van der Waals surface area contributed by atoms with Crippen molar-refractivity contribution < 1.29 is 19.4 Å². The largest absolute Gasteiger partial charge is 0.478 e. The van der Waals surface area contributed by atoms with Gasteiger partial charge in [0.2, 0.25) is 0 Å². The number of carboxylic acid groups (broad SMARTS) is 1. The number of hydrogen-bond acceptors (Lipinski definition) is 7. The molecular weight excluding hydrogens is 492 g/mol. The van der Waals surface area contributed by atoms with Crippen molar-refractivity contribution in [3.63, 3.8) is 0 Å². The summed E-state index contributed by atoms with van der Waals surface area (Å²) in [5, 5.41) is 9.47. The number of piperazine rings is 1. The van der Waals surface area contributed by atoms with E-state index in [9.17, 15) is 14.7 Å². The molecule has 1 saturated heterocycles. The van der Waals surface area contributed by atoms with Gasteiger partial charge in [-0.15, -0.1) is 0 Å². The molecule has 1 fully saturated rings. The van der Waals surface area contributed by atoms with Gasteiger partial charge in [0.1, 0.15) is 11.4 Å². The van der Waals surface area contributed by atoms with Gasteiger partial charge in [-0.25, -0.2) is 14.6 Å². The van der Waals surface area contributed by atoms with E-state index in [0.29, 0.717) is 17.9 Å².